The Morgan fingerprint density at radius 2 is 1.90 bits per heavy atom. The third-order valence-corrected chi connectivity index (χ3v) is 4.67. The lowest BCUT2D eigenvalue weighted by atomic mass is 9.97. The summed E-state index contributed by atoms with van der Waals surface area (Å²) in [6, 6.07) is 6.70. The summed E-state index contributed by atoms with van der Waals surface area (Å²) >= 11 is 0. The van der Waals surface area contributed by atoms with Crippen LogP contribution in [-0.4, -0.2) is 37.2 Å². The summed E-state index contributed by atoms with van der Waals surface area (Å²) in [5, 5.41) is 3.42. The zero-order valence-corrected chi connectivity index (χ0v) is 13.2. The minimum Gasteiger partial charge on any atom is -0.490 e. The average Bonchev–Trinajstić information content (AvgIpc) is 2.52. The van der Waals surface area contributed by atoms with Gasteiger partial charge in [0.2, 0.25) is 0 Å². The Morgan fingerprint density at radius 3 is 2.67 bits per heavy atom. The van der Waals surface area contributed by atoms with E-state index in [4.69, 9.17) is 4.74 Å². The lowest BCUT2D eigenvalue weighted by Crippen LogP contribution is -2.43. The Labute approximate surface area is 128 Å². The molecule has 3 nitrogen and oxygen atoms in total. The van der Waals surface area contributed by atoms with Crippen molar-refractivity contribution >= 4 is 0 Å². The average molecular weight is 288 g/mol. The molecule has 21 heavy (non-hydrogen) atoms. The van der Waals surface area contributed by atoms with Crippen LogP contribution in [-0.2, 0) is 6.54 Å². The maximum atomic E-state index is 6.37. The summed E-state index contributed by atoms with van der Waals surface area (Å²) in [5.41, 5.74) is 2.65. The molecule has 0 unspecified atom stereocenters. The third-order valence-electron chi connectivity index (χ3n) is 4.67. The molecule has 3 heteroatoms. The summed E-state index contributed by atoms with van der Waals surface area (Å²) in [6.07, 6.45) is 6.90. The van der Waals surface area contributed by atoms with Gasteiger partial charge in [-0.15, -0.1) is 0 Å². The van der Waals surface area contributed by atoms with Crippen molar-refractivity contribution in [3.63, 3.8) is 0 Å². The molecule has 1 aromatic rings. The zero-order valence-electron chi connectivity index (χ0n) is 13.2. The largest absolute Gasteiger partial charge is 0.490 e. The van der Waals surface area contributed by atoms with Crippen molar-refractivity contribution < 1.29 is 4.74 Å². The molecular weight excluding hydrogens is 260 g/mol. The molecule has 2 fully saturated rings. The number of nitrogens with zero attached hydrogens (tertiary/aromatic N) is 1. The van der Waals surface area contributed by atoms with E-state index in [-0.39, 0.29) is 0 Å². The molecule has 1 N–H and O–H groups in total. The number of ether oxygens (including phenoxy) is 1. The van der Waals surface area contributed by atoms with Gasteiger partial charge in [-0.2, -0.15) is 0 Å². The number of hydrogen-bond acceptors (Lipinski definition) is 3. The molecule has 0 bridgehead atoms. The standard InChI is InChI=1S/C18H28N2O/c1-15-7-8-16(14-20-11-9-19-10-12-20)18(13-15)21-17-5-3-2-4-6-17/h7-8,13,17,19H,2-6,9-12,14H2,1H3. The molecule has 0 aromatic heterocycles. The number of rotatable bonds is 4. The molecule has 1 aliphatic carbocycles. The van der Waals surface area contributed by atoms with Gasteiger partial charge in [-0.25, -0.2) is 0 Å². The summed E-state index contributed by atoms with van der Waals surface area (Å²) in [7, 11) is 0. The summed E-state index contributed by atoms with van der Waals surface area (Å²) in [4.78, 5) is 2.52. The lowest BCUT2D eigenvalue weighted by molar-refractivity contribution is 0.150. The van der Waals surface area contributed by atoms with Gasteiger partial charge in [0, 0.05) is 38.3 Å². The van der Waals surface area contributed by atoms with Crippen LogP contribution in [0.1, 0.15) is 43.2 Å². The molecule has 0 amide bonds. The second-order valence-corrected chi connectivity index (χ2v) is 6.52. The molecular formula is C18H28N2O. The van der Waals surface area contributed by atoms with Crippen molar-refractivity contribution in [2.75, 3.05) is 26.2 Å². The number of benzene rings is 1. The fraction of sp³-hybridized carbons (Fsp3) is 0.667. The third kappa shape index (κ3) is 4.21. The first-order chi connectivity index (χ1) is 10.3. The van der Waals surface area contributed by atoms with Crippen LogP contribution in [0.5, 0.6) is 5.75 Å². The monoisotopic (exact) mass is 288 g/mol. The molecule has 1 saturated heterocycles. The van der Waals surface area contributed by atoms with Gasteiger partial charge in [0.25, 0.3) is 0 Å². The van der Waals surface area contributed by atoms with Gasteiger partial charge in [0.15, 0.2) is 0 Å². The smallest absolute Gasteiger partial charge is 0.124 e. The normalized spacial score (nSPS) is 21.4. The highest BCUT2D eigenvalue weighted by Crippen LogP contribution is 2.28. The van der Waals surface area contributed by atoms with Crippen molar-refractivity contribution in [1.82, 2.24) is 10.2 Å². The van der Waals surface area contributed by atoms with Crippen LogP contribution >= 0.6 is 0 Å². The van der Waals surface area contributed by atoms with E-state index in [1.807, 2.05) is 0 Å². The van der Waals surface area contributed by atoms with Gasteiger partial charge in [-0.3, -0.25) is 4.90 Å². The van der Waals surface area contributed by atoms with Crippen molar-refractivity contribution in [2.45, 2.75) is 51.7 Å². The Hall–Kier alpha value is -1.06. The zero-order chi connectivity index (χ0) is 14.5. The van der Waals surface area contributed by atoms with Crippen LogP contribution in [0.3, 0.4) is 0 Å². The van der Waals surface area contributed by atoms with Crippen molar-refractivity contribution in [2.24, 2.45) is 0 Å². The SMILES string of the molecule is Cc1ccc(CN2CCNCC2)c(OC2CCCCC2)c1. The van der Waals surface area contributed by atoms with Gasteiger partial charge in [-0.1, -0.05) is 18.6 Å². The number of hydrogen-bond donors (Lipinski definition) is 1. The molecule has 116 valence electrons. The van der Waals surface area contributed by atoms with Crippen LogP contribution < -0.4 is 10.1 Å². The summed E-state index contributed by atoms with van der Waals surface area (Å²) in [5.74, 6) is 1.13. The molecule has 2 aliphatic rings. The van der Waals surface area contributed by atoms with Gasteiger partial charge in [-0.05, 0) is 44.2 Å². The molecule has 3 rings (SSSR count). The first-order valence-corrected chi connectivity index (χ1v) is 8.50. The lowest BCUT2D eigenvalue weighted by Gasteiger charge is -2.29. The predicted molar refractivity (Wildman–Crippen MR) is 86.8 cm³/mol. The molecule has 1 aromatic carbocycles. The van der Waals surface area contributed by atoms with E-state index in [1.165, 1.54) is 43.2 Å². The van der Waals surface area contributed by atoms with Crippen LogP contribution in [0, 0.1) is 6.92 Å². The predicted octanol–water partition coefficient (Wildman–Crippen LogP) is 3.11. The Bertz CT molecular complexity index is 449. The fourth-order valence-corrected chi connectivity index (χ4v) is 3.37. The highest BCUT2D eigenvalue weighted by Gasteiger charge is 2.18. The van der Waals surface area contributed by atoms with Crippen LogP contribution in [0.25, 0.3) is 0 Å². The van der Waals surface area contributed by atoms with Gasteiger partial charge in [0.05, 0.1) is 6.10 Å². The maximum Gasteiger partial charge on any atom is 0.124 e. The Balaban J connectivity index is 1.69. The van der Waals surface area contributed by atoms with E-state index >= 15 is 0 Å². The molecule has 1 heterocycles. The summed E-state index contributed by atoms with van der Waals surface area (Å²) < 4.78 is 6.37. The Kier molecular flexibility index (Phi) is 5.15. The minimum atomic E-state index is 0.433. The van der Waals surface area contributed by atoms with Gasteiger partial charge >= 0.3 is 0 Å². The molecule has 0 atom stereocenters. The van der Waals surface area contributed by atoms with Crippen molar-refractivity contribution in [3.8, 4) is 5.75 Å². The number of piperazine rings is 1. The highest BCUT2D eigenvalue weighted by molar-refractivity contribution is 5.37. The second kappa shape index (κ2) is 7.28. The minimum absolute atomic E-state index is 0.433. The van der Waals surface area contributed by atoms with E-state index in [0.29, 0.717) is 6.10 Å². The van der Waals surface area contributed by atoms with E-state index in [1.54, 1.807) is 0 Å². The van der Waals surface area contributed by atoms with Gasteiger partial charge < -0.3 is 10.1 Å². The van der Waals surface area contributed by atoms with E-state index < -0.39 is 0 Å². The van der Waals surface area contributed by atoms with E-state index in [0.717, 1.165) is 38.5 Å². The molecule has 1 aliphatic heterocycles. The van der Waals surface area contributed by atoms with Crippen LogP contribution in [0.4, 0.5) is 0 Å². The number of aryl methyl sites for hydroxylation is 1. The molecule has 0 radical (unpaired) electrons. The Morgan fingerprint density at radius 1 is 1.14 bits per heavy atom. The van der Waals surface area contributed by atoms with E-state index in [9.17, 15) is 0 Å². The van der Waals surface area contributed by atoms with Gasteiger partial charge in [0.1, 0.15) is 5.75 Å². The topological polar surface area (TPSA) is 24.5 Å². The van der Waals surface area contributed by atoms with Crippen molar-refractivity contribution in [3.05, 3.63) is 29.3 Å². The molecule has 1 saturated carbocycles. The molecule has 0 spiro atoms. The summed E-state index contributed by atoms with van der Waals surface area (Å²) in [6.45, 7) is 7.65. The maximum absolute atomic E-state index is 6.37. The quantitative estimate of drug-likeness (QED) is 0.921. The van der Waals surface area contributed by atoms with Crippen LogP contribution in [0.2, 0.25) is 0 Å². The fourth-order valence-electron chi connectivity index (χ4n) is 3.37. The van der Waals surface area contributed by atoms with Crippen molar-refractivity contribution in [1.29, 1.82) is 0 Å². The highest BCUT2D eigenvalue weighted by atomic mass is 16.5. The second-order valence-electron chi connectivity index (χ2n) is 6.52. The first-order valence-electron chi connectivity index (χ1n) is 8.50. The first kappa shape index (κ1) is 14.9. The van der Waals surface area contributed by atoms with E-state index in [2.05, 4.69) is 35.3 Å². The van der Waals surface area contributed by atoms with Crippen LogP contribution in [0.15, 0.2) is 18.2 Å². The number of nitrogens with one attached hydrogen (secondary N) is 1.